The Morgan fingerprint density at radius 3 is 3.12 bits per heavy atom. The summed E-state index contributed by atoms with van der Waals surface area (Å²) in [5.41, 5.74) is 0.932. The average Bonchev–Trinajstić information content (AvgIpc) is 2.97. The summed E-state index contributed by atoms with van der Waals surface area (Å²) in [5, 5.41) is 6.68. The summed E-state index contributed by atoms with van der Waals surface area (Å²) in [5.74, 6) is 1.68. The highest BCUT2D eigenvalue weighted by Crippen LogP contribution is 2.25. The number of amides is 1. The summed E-state index contributed by atoms with van der Waals surface area (Å²) in [6, 6.07) is 7.79. The number of aromatic nitrogens is 1. The number of hydrogen-bond donors (Lipinski definition) is 2. The standard InChI is InChI=1S/C11H11N3OS2/c15-10(8-5-16-6-12-8)14-11-13-7-3-1-2-4-9(7)17-11/h1-4,8,12H,5-6H2,(H,13,14,15). The topological polar surface area (TPSA) is 54.0 Å². The van der Waals surface area contributed by atoms with Crippen molar-refractivity contribution in [3.05, 3.63) is 24.3 Å². The summed E-state index contributed by atoms with van der Waals surface area (Å²) < 4.78 is 1.09. The van der Waals surface area contributed by atoms with Crippen molar-refractivity contribution in [2.45, 2.75) is 6.04 Å². The molecule has 4 nitrogen and oxygen atoms in total. The second kappa shape index (κ2) is 4.64. The molecule has 1 aliphatic heterocycles. The predicted molar refractivity (Wildman–Crippen MR) is 72.5 cm³/mol. The van der Waals surface area contributed by atoms with E-state index in [0.29, 0.717) is 5.13 Å². The van der Waals surface area contributed by atoms with Crippen LogP contribution in [-0.2, 0) is 4.79 Å². The van der Waals surface area contributed by atoms with Gasteiger partial charge in [-0.25, -0.2) is 4.98 Å². The van der Waals surface area contributed by atoms with E-state index in [0.717, 1.165) is 21.8 Å². The van der Waals surface area contributed by atoms with Gasteiger partial charge in [0, 0.05) is 11.6 Å². The maximum absolute atomic E-state index is 11.9. The Morgan fingerprint density at radius 2 is 2.35 bits per heavy atom. The molecule has 0 aliphatic carbocycles. The summed E-state index contributed by atoms with van der Waals surface area (Å²) in [6.45, 7) is 0. The van der Waals surface area contributed by atoms with E-state index in [1.807, 2.05) is 24.3 Å². The van der Waals surface area contributed by atoms with Gasteiger partial charge in [0.2, 0.25) is 5.91 Å². The molecule has 1 aromatic heterocycles. The lowest BCUT2D eigenvalue weighted by molar-refractivity contribution is -0.117. The van der Waals surface area contributed by atoms with E-state index in [-0.39, 0.29) is 11.9 Å². The minimum absolute atomic E-state index is 0.00839. The van der Waals surface area contributed by atoms with Crippen molar-refractivity contribution in [3.8, 4) is 0 Å². The predicted octanol–water partition coefficient (Wildman–Crippen LogP) is 1.90. The van der Waals surface area contributed by atoms with Crippen molar-refractivity contribution in [1.82, 2.24) is 10.3 Å². The van der Waals surface area contributed by atoms with E-state index in [1.54, 1.807) is 11.8 Å². The lowest BCUT2D eigenvalue weighted by atomic mass is 10.3. The van der Waals surface area contributed by atoms with Crippen LogP contribution in [0.5, 0.6) is 0 Å². The molecule has 88 valence electrons. The van der Waals surface area contributed by atoms with E-state index in [1.165, 1.54) is 11.3 Å². The molecule has 1 fully saturated rings. The molecule has 2 N–H and O–H groups in total. The van der Waals surface area contributed by atoms with Crippen molar-refractivity contribution >= 4 is 44.4 Å². The molecule has 1 amide bonds. The minimum atomic E-state index is -0.0907. The van der Waals surface area contributed by atoms with Gasteiger partial charge >= 0.3 is 0 Å². The summed E-state index contributed by atoms with van der Waals surface area (Å²) >= 11 is 3.24. The number of rotatable bonds is 2. The molecule has 2 aromatic rings. The van der Waals surface area contributed by atoms with Gasteiger partial charge in [0.1, 0.15) is 0 Å². The molecule has 0 saturated carbocycles. The van der Waals surface area contributed by atoms with Gasteiger partial charge < -0.3 is 5.32 Å². The number of thioether (sulfide) groups is 1. The van der Waals surface area contributed by atoms with Crippen LogP contribution in [0.15, 0.2) is 24.3 Å². The minimum Gasteiger partial charge on any atom is -0.301 e. The van der Waals surface area contributed by atoms with E-state index < -0.39 is 0 Å². The first-order valence-electron chi connectivity index (χ1n) is 5.30. The lowest BCUT2D eigenvalue weighted by Gasteiger charge is -2.07. The maximum Gasteiger partial charge on any atom is 0.244 e. The molecule has 3 rings (SSSR count). The Labute approximate surface area is 107 Å². The van der Waals surface area contributed by atoms with Gasteiger partial charge in [-0.3, -0.25) is 10.1 Å². The number of thiazole rings is 1. The monoisotopic (exact) mass is 265 g/mol. The number of nitrogens with zero attached hydrogens (tertiary/aromatic N) is 1. The Kier molecular flexibility index (Phi) is 3.00. The quantitative estimate of drug-likeness (QED) is 0.871. The average molecular weight is 265 g/mol. The van der Waals surface area contributed by atoms with Crippen LogP contribution >= 0.6 is 23.1 Å². The number of benzene rings is 1. The van der Waals surface area contributed by atoms with Crippen LogP contribution in [0.1, 0.15) is 0 Å². The van der Waals surface area contributed by atoms with Crippen molar-refractivity contribution in [1.29, 1.82) is 0 Å². The maximum atomic E-state index is 11.9. The largest absolute Gasteiger partial charge is 0.301 e. The van der Waals surface area contributed by atoms with Gasteiger partial charge in [-0.2, -0.15) is 0 Å². The van der Waals surface area contributed by atoms with Crippen LogP contribution in [0.3, 0.4) is 0 Å². The normalized spacial score (nSPS) is 19.6. The third-order valence-corrected chi connectivity index (χ3v) is 4.45. The zero-order valence-electron chi connectivity index (χ0n) is 8.97. The van der Waals surface area contributed by atoms with Gasteiger partial charge in [-0.1, -0.05) is 23.5 Å². The first kappa shape index (κ1) is 11.0. The molecule has 1 saturated heterocycles. The number of anilines is 1. The van der Waals surface area contributed by atoms with Crippen molar-refractivity contribution in [2.75, 3.05) is 16.9 Å². The molecule has 1 unspecified atom stereocenters. The fourth-order valence-electron chi connectivity index (χ4n) is 1.68. The summed E-state index contributed by atoms with van der Waals surface area (Å²) in [7, 11) is 0. The molecular formula is C11H11N3OS2. The molecule has 1 aromatic carbocycles. The first-order valence-corrected chi connectivity index (χ1v) is 7.27. The highest BCUT2D eigenvalue weighted by molar-refractivity contribution is 7.99. The lowest BCUT2D eigenvalue weighted by Crippen LogP contribution is -2.37. The molecular weight excluding hydrogens is 254 g/mol. The molecule has 0 bridgehead atoms. The molecule has 17 heavy (non-hydrogen) atoms. The van der Waals surface area contributed by atoms with E-state index >= 15 is 0 Å². The number of carbonyl (C=O) groups is 1. The van der Waals surface area contributed by atoms with Crippen LogP contribution in [0.25, 0.3) is 10.2 Å². The molecule has 2 heterocycles. The van der Waals surface area contributed by atoms with Gasteiger partial charge in [-0.05, 0) is 12.1 Å². The van der Waals surface area contributed by atoms with Crippen LogP contribution in [0, 0.1) is 0 Å². The van der Waals surface area contributed by atoms with Crippen LogP contribution in [0.2, 0.25) is 0 Å². The van der Waals surface area contributed by atoms with Gasteiger partial charge in [0.25, 0.3) is 0 Å². The number of fused-ring (bicyclic) bond motifs is 1. The number of carbonyl (C=O) groups excluding carboxylic acids is 1. The van der Waals surface area contributed by atoms with Crippen LogP contribution in [-0.4, -0.2) is 28.6 Å². The fourth-order valence-corrected chi connectivity index (χ4v) is 3.49. The van der Waals surface area contributed by atoms with E-state index in [2.05, 4.69) is 15.6 Å². The van der Waals surface area contributed by atoms with Gasteiger partial charge in [0.15, 0.2) is 5.13 Å². The van der Waals surface area contributed by atoms with E-state index in [9.17, 15) is 4.79 Å². The van der Waals surface area contributed by atoms with Gasteiger partial charge in [-0.15, -0.1) is 11.8 Å². The highest BCUT2D eigenvalue weighted by atomic mass is 32.2. The van der Waals surface area contributed by atoms with E-state index in [4.69, 9.17) is 0 Å². The highest BCUT2D eigenvalue weighted by Gasteiger charge is 2.23. The van der Waals surface area contributed by atoms with Crippen molar-refractivity contribution < 1.29 is 4.79 Å². The third kappa shape index (κ3) is 2.29. The molecule has 1 aliphatic rings. The van der Waals surface area contributed by atoms with Gasteiger partial charge in [0.05, 0.1) is 16.3 Å². The number of hydrogen-bond acceptors (Lipinski definition) is 5. The smallest absolute Gasteiger partial charge is 0.244 e. The Hall–Kier alpha value is -1.11. The Morgan fingerprint density at radius 1 is 1.47 bits per heavy atom. The second-order valence-electron chi connectivity index (χ2n) is 3.75. The number of nitrogens with one attached hydrogen (secondary N) is 2. The Bertz CT molecular complexity index is 515. The molecule has 6 heteroatoms. The fraction of sp³-hybridized carbons (Fsp3) is 0.273. The second-order valence-corrected chi connectivity index (χ2v) is 5.81. The number of para-hydroxylation sites is 1. The molecule has 1 atom stereocenters. The zero-order chi connectivity index (χ0) is 11.7. The summed E-state index contributed by atoms with van der Waals surface area (Å²) in [6.07, 6.45) is 0. The first-order chi connectivity index (χ1) is 8.33. The summed E-state index contributed by atoms with van der Waals surface area (Å²) in [4.78, 5) is 16.2. The Balaban J connectivity index is 1.77. The van der Waals surface area contributed by atoms with Crippen LogP contribution < -0.4 is 10.6 Å². The van der Waals surface area contributed by atoms with Crippen LogP contribution in [0.4, 0.5) is 5.13 Å². The third-order valence-electron chi connectivity index (χ3n) is 2.56. The van der Waals surface area contributed by atoms with Crippen molar-refractivity contribution in [3.63, 3.8) is 0 Å². The molecule has 0 spiro atoms. The van der Waals surface area contributed by atoms with Crippen molar-refractivity contribution in [2.24, 2.45) is 0 Å². The zero-order valence-corrected chi connectivity index (χ0v) is 10.6. The SMILES string of the molecule is O=C(Nc1nc2ccccc2s1)C1CSCN1. The molecule has 0 radical (unpaired) electrons.